The molecule has 0 atom stereocenters. The Morgan fingerprint density at radius 1 is 0.333 bits per heavy atom. The summed E-state index contributed by atoms with van der Waals surface area (Å²) in [6.45, 7) is 0. The number of hydrogen-bond donors (Lipinski definition) is 0. The van der Waals surface area contributed by atoms with Crippen molar-refractivity contribution in [1.29, 1.82) is 0 Å². The van der Waals surface area contributed by atoms with Crippen LogP contribution in [0.15, 0.2) is 72.8 Å². The summed E-state index contributed by atoms with van der Waals surface area (Å²) < 4.78 is 0. The van der Waals surface area contributed by atoms with E-state index in [4.69, 9.17) is 0 Å². The van der Waals surface area contributed by atoms with E-state index in [1.165, 1.54) is 43.8 Å². The first-order valence-corrected chi connectivity index (χ1v) is 8.87. The number of hydrogen-bond acceptors (Lipinski definition) is 0. The average Bonchev–Trinajstić information content (AvgIpc) is 2.63. The normalized spacial score (nSPS) is 14.0. The molecule has 0 fully saturated rings. The van der Waals surface area contributed by atoms with Gasteiger partial charge in [-0.15, -0.1) is 0 Å². The molecule has 0 saturated carbocycles. The van der Waals surface area contributed by atoms with Gasteiger partial charge in [0, 0.05) is 0 Å². The second-order valence-electron chi connectivity index (χ2n) is 7.03. The highest BCUT2D eigenvalue weighted by molar-refractivity contribution is 5.85. The first kappa shape index (κ1) is 13.8. The zero-order valence-electron chi connectivity index (χ0n) is 13.8. The SMILES string of the molecule is c1cc2ccc3cc2cc1CCc1ccc2ccc(cc2c1)CC3. The number of fused-ring (bicyclic) bond motifs is 4. The van der Waals surface area contributed by atoms with Gasteiger partial charge in [0.05, 0.1) is 0 Å². The van der Waals surface area contributed by atoms with Gasteiger partial charge in [0.25, 0.3) is 0 Å². The van der Waals surface area contributed by atoms with Crippen LogP contribution in [0.25, 0.3) is 21.5 Å². The maximum absolute atomic E-state index is 2.38. The predicted octanol–water partition coefficient (Wildman–Crippen LogP) is 5.88. The third-order valence-corrected chi connectivity index (χ3v) is 5.34. The van der Waals surface area contributed by atoms with Gasteiger partial charge >= 0.3 is 0 Å². The third kappa shape index (κ3) is 2.49. The smallest absolute Gasteiger partial charge is 0.0179 e. The van der Waals surface area contributed by atoms with E-state index in [9.17, 15) is 0 Å². The number of benzene rings is 4. The van der Waals surface area contributed by atoms with Crippen molar-refractivity contribution < 1.29 is 0 Å². The van der Waals surface area contributed by atoms with E-state index in [-0.39, 0.29) is 0 Å². The highest BCUT2D eigenvalue weighted by atomic mass is 14.1. The molecule has 1 aliphatic rings. The Balaban J connectivity index is 1.67. The van der Waals surface area contributed by atoms with Crippen LogP contribution in [-0.2, 0) is 25.7 Å². The van der Waals surface area contributed by atoms with Crippen LogP contribution < -0.4 is 0 Å². The molecule has 0 heteroatoms. The largest absolute Gasteiger partial charge is 0.0584 e. The molecule has 0 N–H and O–H groups in total. The van der Waals surface area contributed by atoms with Crippen molar-refractivity contribution >= 4 is 21.5 Å². The van der Waals surface area contributed by atoms with Crippen molar-refractivity contribution in [2.45, 2.75) is 25.7 Å². The van der Waals surface area contributed by atoms with Crippen LogP contribution in [0.2, 0.25) is 0 Å². The van der Waals surface area contributed by atoms with Gasteiger partial charge in [0.2, 0.25) is 0 Å². The fourth-order valence-corrected chi connectivity index (χ4v) is 3.89. The second kappa shape index (κ2) is 5.49. The van der Waals surface area contributed by atoms with E-state index in [2.05, 4.69) is 72.8 Å². The van der Waals surface area contributed by atoms with Crippen LogP contribution in [0.4, 0.5) is 0 Å². The number of aryl methyl sites for hydroxylation is 4. The van der Waals surface area contributed by atoms with Gasteiger partial charge in [-0.1, -0.05) is 72.8 Å². The predicted molar refractivity (Wildman–Crippen MR) is 103 cm³/mol. The van der Waals surface area contributed by atoms with Gasteiger partial charge in [0.1, 0.15) is 0 Å². The highest BCUT2D eigenvalue weighted by Crippen LogP contribution is 2.23. The molecule has 0 nitrogen and oxygen atoms in total. The van der Waals surface area contributed by atoms with E-state index < -0.39 is 0 Å². The number of rotatable bonds is 0. The maximum Gasteiger partial charge on any atom is -0.0179 e. The summed E-state index contributed by atoms with van der Waals surface area (Å²) in [5.74, 6) is 0. The minimum absolute atomic E-state index is 1.10. The molecule has 0 aliphatic heterocycles. The van der Waals surface area contributed by atoms with Crippen molar-refractivity contribution in [1.82, 2.24) is 0 Å². The summed E-state index contributed by atoms with van der Waals surface area (Å²) in [7, 11) is 0. The zero-order chi connectivity index (χ0) is 15.9. The molecule has 0 amide bonds. The van der Waals surface area contributed by atoms with Crippen molar-refractivity contribution in [3.8, 4) is 0 Å². The minimum Gasteiger partial charge on any atom is -0.0584 e. The Morgan fingerprint density at radius 2 is 0.625 bits per heavy atom. The molecule has 0 spiro atoms. The average molecular weight is 308 g/mol. The summed E-state index contributed by atoms with van der Waals surface area (Å²) in [6.07, 6.45) is 4.41. The standard InChI is InChI=1S/C24H20/c1-2-18-6-10-22-12-8-20(16-24(22)14-18)4-3-19-7-11-21-9-5-17(1)13-23(21)15-19/h5-16H,1-4H2. The molecule has 0 saturated heterocycles. The first-order chi connectivity index (χ1) is 11.8. The van der Waals surface area contributed by atoms with Gasteiger partial charge < -0.3 is 0 Å². The first-order valence-electron chi connectivity index (χ1n) is 8.87. The van der Waals surface area contributed by atoms with Crippen LogP contribution in [0.1, 0.15) is 22.3 Å². The van der Waals surface area contributed by atoms with Crippen molar-refractivity contribution in [2.75, 3.05) is 0 Å². The molecule has 116 valence electrons. The fraction of sp³-hybridized carbons (Fsp3) is 0.167. The molecule has 0 heterocycles. The molecule has 5 rings (SSSR count). The Labute approximate surface area is 142 Å². The lowest BCUT2D eigenvalue weighted by Gasteiger charge is -2.10. The van der Waals surface area contributed by atoms with Crippen LogP contribution in [0.3, 0.4) is 0 Å². The van der Waals surface area contributed by atoms with Crippen LogP contribution >= 0.6 is 0 Å². The van der Waals surface area contributed by atoms with Crippen molar-refractivity contribution in [3.05, 3.63) is 95.1 Å². The zero-order valence-corrected chi connectivity index (χ0v) is 13.8. The molecule has 24 heavy (non-hydrogen) atoms. The maximum atomic E-state index is 2.38. The molecular weight excluding hydrogens is 288 g/mol. The van der Waals surface area contributed by atoms with E-state index in [0.717, 1.165) is 25.7 Å². The summed E-state index contributed by atoms with van der Waals surface area (Å²) in [4.78, 5) is 0. The molecular formula is C24H20. The lowest BCUT2D eigenvalue weighted by molar-refractivity contribution is 0.956. The second-order valence-corrected chi connectivity index (χ2v) is 7.03. The lowest BCUT2D eigenvalue weighted by Crippen LogP contribution is -1.95. The van der Waals surface area contributed by atoms with Gasteiger partial charge in [-0.25, -0.2) is 0 Å². The summed E-state index contributed by atoms with van der Waals surface area (Å²) in [6, 6.07) is 27.7. The van der Waals surface area contributed by atoms with Crippen molar-refractivity contribution in [2.24, 2.45) is 0 Å². The summed E-state index contributed by atoms with van der Waals surface area (Å²) >= 11 is 0. The Bertz CT molecular complexity index is 891. The van der Waals surface area contributed by atoms with Gasteiger partial charge in [-0.05, 0) is 69.5 Å². The third-order valence-electron chi connectivity index (χ3n) is 5.34. The molecule has 1 aliphatic carbocycles. The summed E-state index contributed by atoms with van der Waals surface area (Å²) in [5, 5.41) is 5.45. The Hall–Kier alpha value is -2.60. The van der Waals surface area contributed by atoms with Crippen LogP contribution in [0, 0.1) is 0 Å². The molecule has 4 aromatic carbocycles. The molecule has 4 aromatic rings. The Morgan fingerprint density at radius 3 is 0.917 bits per heavy atom. The molecule has 0 radical (unpaired) electrons. The van der Waals surface area contributed by atoms with Crippen LogP contribution in [0.5, 0.6) is 0 Å². The molecule has 0 unspecified atom stereocenters. The lowest BCUT2D eigenvalue weighted by atomic mass is 9.95. The van der Waals surface area contributed by atoms with Crippen LogP contribution in [-0.4, -0.2) is 0 Å². The van der Waals surface area contributed by atoms with E-state index >= 15 is 0 Å². The highest BCUT2D eigenvalue weighted by Gasteiger charge is 2.05. The Kier molecular flexibility index (Phi) is 3.16. The van der Waals surface area contributed by atoms with Gasteiger partial charge in [-0.2, -0.15) is 0 Å². The van der Waals surface area contributed by atoms with Gasteiger partial charge in [0.15, 0.2) is 0 Å². The van der Waals surface area contributed by atoms with E-state index in [0.29, 0.717) is 0 Å². The van der Waals surface area contributed by atoms with E-state index in [1.54, 1.807) is 0 Å². The topological polar surface area (TPSA) is 0 Å². The summed E-state index contributed by atoms with van der Waals surface area (Å²) in [5.41, 5.74) is 5.74. The molecule has 0 aromatic heterocycles. The quantitative estimate of drug-likeness (QED) is 0.381. The monoisotopic (exact) mass is 308 g/mol. The van der Waals surface area contributed by atoms with E-state index in [1.807, 2.05) is 0 Å². The van der Waals surface area contributed by atoms with Gasteiger partial charge in [-0.3, -0.25) is 0 Å². The fourth-order valence-electron chi connectivity index (χ4n) is 3.89. The molecule has 6 bridgehead atoms. The van der Waals surface area contributed by atoms with Crippen molar-refractivity contribution in [3.63, 3.8) is 0 Å². The minimum atomic E-state index is 1.10.